The maximum absolute atomic E-state index is 9.14. The Morgan fingerprint density at radius 2 is 1.84 bits per heavy atom. The predicted octanol–water partition coefficient (Wildman–Crippen LogP) is 3.48. The lowest BCUT2D eigenvalue weighted by Gasteiger charge is -2.31. The second-order valence-electron chi connectivity index (χ2n) is 6.21. The first-order valence-corrected chi connectivity index (χ1v) is 7.61. The molecule has 1 saturated carbocycles. The van der Waals surface area contributed by atoms with Crippen molar-refractivity contribution in [2.75, 3.05) is 0 Å². The molecule has 0 bridgehead atoms. The Bertz CT molecular complexity index is 381. The average molecular weight is 261 g/mol. The molecule has 0 saturated heterocycles. The summed E-state index contributed by atoms with van der Waals surface area (Å²) in [6, 6.07) is 8.89. The molecular formula is C17H27NO. The van der Waals surface area contributed by atoms with Crippen molar-refractivity contribution < 1.29 is 5.11 Å². The van der Waals surface area contributed by atoms with Crippen LogP contribution in [-0.2, 0) is 13.2 Å². The smallest absolute Gasteiger partial charge is 0.0681 e. The second-order valence-corrected chi connectivity index (χ2v) is 6.21. The van der Waals surface area contributed by atoms with E-state index in [0.717, 1.165) is 23.9 Å². The molecule has 106 valence electrons. The number of hydrogen-bond acceptors (Lipinski definition) is 2. The van der Waals surface area contributed by atoms with Gasteiger partial charge in [-0.25, -0.2) is 0 Å². The van der Waals surface area contributed by atoms with Crippen molar-refractivity contribution in [3.63, 3.8) is 0 Å². The molecule has 1 aliphatic carbocycles. The van der Waals surface area contributed by atoms with Gasteiger partial charge in [0.15, 0.2) is 0 Å². The lowest BCUT2D eigenvalue weighted by Crippen LogP contribution is -2.33. The Morgan fingerprint density at radius 3 is 2.47 bits per heavy atom. The van der Waals surface area contributed by atoms with Gasteiger partial charge in [0.05, 0.1) is 6.61 Å². The van der Waals surface area contributed by atoms with Crippen LogP contribution in [0.3, 0.4) is 0 Å². The van der Waals surface area contributed by atoms with Gasteiger partial charge in [-0.1, -0.05) is 38.1 Å². The number of aliphatic hydroxyl groups is 1. The van der Waals surface area contributed by atoms with Crippen LogP contribution in [0.1, 0.15) is 50.7 Å². The van der Waals surface area contributed by atoms with Crippen molar-refractivity contribution in [3.8, 4) is 0 Å². The summed E-state index contributed by atoms with van der Waals surface area (Å²) in [5, 5.41) is 12.8. The van der Waals surface area contributed by atoms with Gasteiger partial charge in [-0.3, -0.25) is 0 Å². The van der Waals surface area contributed by atoms with Crippen LogP contribution in [0.2, 0.25) is 0 Å². The van der Waals surface area contributed by atoms with Gasteiger partial charge in [-0.2, -0.15) is 0 Å². The number of hydrogen-bond donors (Lipinski definition) is 2. The molecule has 2 nitrogen and oxygen atoms in total. The Hall–Kier alpha value is -0.860. The van der Waals surface area contributed by atoms with Gasteiger partial charge in [0.25, 0.3) is 0 Å². The fourth-order valence-corrected chi connectivity index (χ4v) is 3.09. The standard InChI is InChI=1S/C17H27NO/c1-13(2)16-6-8-17(9-7-16)18-11-14-4-3-5-15(10-14)12-19/h3-5,10,13,16-19H,6-9,11-12H2,1-2H3. The third-order valence-corrected chi connectivity index (χ3v) is 4.48. The largest absolute Gasteiger partial charge is 0.392 e. The van der Waals surface area contributed by atoms with Crippen LogP contribution in [-0.4, -0.2) is 11.1 Å². The SMILES string of the molecule is CC(C)C1CCC(NCc2cccc(CO)c2)CC1. The summed E-state index contributed by atoms with van der Waals surface area (Å²) >= 11 is 0. The van der Waals surface area contributed by atoms with Gasteiger partial charge in [0.2, 0.25) is 0 Å². The van der Waals surface area contributed by atoms with E-state index in [4.69, 9.17) is 5.11 Å². The van der Waals surface area contributed by atoms with E-state index in [1.165, 1.54) is 31.2 Å². The van der Waals surface area contributed by atoms with Crippen LogP contribution >= 0.6 is 0 Å². The lowest BCUT2D eigenvalue weighted by molar-refractivity contribution is 0.238. The third kappa shape index (κ3) is 4.32. The zero-order valence-corrected chi connectivity index (χ0v) is 12.2. The molecule has 0 atom stereocenters. The predicted molar refractivity (Wildman–Crippen MR) is 79.8 cm³/mol. The molecule has 1 aromatic carbocycles. The van der Waals surface area contributed by atoms with Crippen LogP contribution in [0.15, 0.2) is 24.3 Å². The summed E-state index contributed by atoms with van der Waals surface area (Å²) < 4.78 is 0. The number of benzene rings is 1. The van der Waals surface area contributed by atoms with E-state index in [0.29, 0.717) is 6.04 Å². The molecule has 0 aliphatic heterocycles. The first kappa shape index (κ1) is 14.5. The summed E-state index contributed by atoms with van der Waals surface area (Å²) in [7, 11) is 0. The van der Waals surface area contributed by atoms with Gasteiger partial charge < -0.3 is 10.4 Å². The Morgan fingerprint density at radius 1 is 1.16 bits per heavy atom. The molecule has 1 fully saturated rings. The first-order chi connectivity index (χ1) is 9.19. The van der Waals surface area contributed by atoms with Gasteiger partial charge in [0.1, 0.15) is 0 Å². The molecule has 0 unspecified atom stereocenters. The van der Waals surface area contributed by atoms with Crippen molar-refractivity contribution in [1.82, 2.24) is 5.32 Å². The molecule has 1 aromatic rings. The van der Waals surface area contributed by atoms with Crippen molar-refractivity contribution >= 4 is 0 Å². The minimum atomic E-state index is 0.132. The van der Waals surface area contributed by atoms with E-state index < -0.39 is 0 Å². The second kappa shape index (κ2) is 7.06. The molecular weight excluding hydrogens is 234 g/mol. The van der Waals surface area contributed by atoms with Crippen LogP contribution in [0.4, 0.5) is 0 Å². The Balaban J connectivity index is 1.77. The Labute approximate surface area is 117 Å². The normalized spacial score (nSPS) is 23.8. The quantitative estimate of drug-likeness (QED) is 0.850. The van der Waals surface area contributed by atoms with Crippen molar-refractivity contribution in [1.29, 1.82) is 0 Å². The van der Waals surface area contributed by atoms with Gasteiger partial charge in [0, 0.05) is 12.6 Å². The molecule has 0 aromatic heterocycles. The highest BCUT2D eigenvalue weighted by molar-refractivity contribution is 5.22. The summed E-state index contributed by atoms with van der Waals surface area (Å²) in [5.74, 6) is 1.76. The monoisotopic (exact) mass is 261 g/mol. The zero-order chi connectivity index (χ0) is 13.7. The minimum Gasteiger partial charge on any atom is -0.392 e. The molecule has 2 rings (SSSR count). The van der Waals surface area contributed by atoms with E-state index in [9.17, 15) is 0 Å². The topological polar surface area (TPSA) is 32.3 Å². The highest BCUT2D eigenvalue weighted by Crippen LogP contribution is 2.29. The van der Waals surface area contributed by atoms with E-state index in [1.807, 2.05) is 12.1 Å². The number of aliphatic hydroxyl groups excluding tert-OH is 1. The summed E-state index contributed by atoms with van der Waals surface area (Å²) in [6.07, 6.45) is 5.35. The minimum absolute atomic E-state index is 0.132. The van der Waals surface area contributed by atoms with Crippen LogP contribution in [0.5, 0.6) is 0 Å². The van der Waals surface area contributed by atoms with Crippen LogP contribution < -0.4 is 5.32 Å². The average Bonchev–Trinajstić information content (AvgIpc) is 2.46. The zero-order valence-electron chi connectivity index (χ0n) is 12.2. The highest BCUT2D eigenvalue weighted by Gasteiger charge is 2.22. The van der Waals surface area contributed by atoms with Gasteiger partial charge in [-0.15, -0.1) is 0 Å². The third-order valence-electron chi connectivity index (χ3n) is 4.48. The van der Waals surface area contributed by atoms with Gasteiger partial charge >= 0.3 is 0 Å². The highest BCUT2D eigenvalue weighted by atomic mass is 16.3. The summed E-state index contributed by atoms with van der Waals surface area (Å²) in [4.78, 5) is 0. The van der Waals surface area contributed by atoms with E-state index in [-0.39, 0.29) is 6.61 Å². The maximum Gasteiger partial charge on any atom is 0.0681 e. The van der Waals surface area contributed by atoms with Crippen LogP contribution in [0, 0.1) is 11.8 Å². The van der Waals surface area contributed by atoms with Crippen LogP contribution in [0.25, 0.3) is 0 Å². The molecule has 2 heteroatoms. The lowest BCUT2D eigenvalue weighted by atomic mass is 9.80. The van der Waals surface area contributed by atoms with E-state index >= 15 is 0 Å². The van der Waals surface area contributed by atoms with E-state index in [1.54, 1.807) is 0 Å². The molecule has 0 radical (unpaired) electrons. The molecule has 0 spiro atoms. The van der Waals surface area contributed by atoms with Gasteiger partial charge in [-0.05, 0) is 48.6 Å². The molecule has 19 heavy (non-hydrogen) atoms. The van der Waals surface area contributed by atoms with E-state index in [2.05, 4.69) is 31.3 Å². The first-order valence-electron chi connectivity index (χ1n) is 7.61. The maximum atomic E-state index is 9.14. The van der Waals surface area contributed by atoms with Crippen molar-refractivity contribution in [3.05, 3.63) is 35.4 Å². The summed E-state index contributed by atoms with van der Waals surface area (Å²) in [6.45, 7) is 5.75. The summed E-state index contributed by atoms with van der Waals surface area (Å²) in [5.41, 5.74) is 2.28. The molecule has 0 heterocycles. The molecule has 2 N–H and O–H groups in total. The van der Waals surface area contributed by atoms with Crippen molar-refractivity contribution in [2.45, 2.75) is 58.7 Å². The molecule has 1 aliphatic rings. The fraction of sp³-hybridized carbons (Fsp3) is 0.647. The number of nitrogens with one attached hydrogen (secondary N) is 1. The fourth-order valence-electron chi connectivity index (χ4n) is 3.09. The Kier molecular flexibility index (Phi) is 5.41. The van der Waals surface area contributed by atoms with Crippen molar-refractivity contribution in [2.24, 2.45) is 11.8 Å². The molecule has 0 amide bonds. The number of rotatable bonds is 5.